The largest absolute Gasteiger partial charge is 0.357 e. The Morgan fingerprint density at radius 2 is 1.75 bits per heavy atom. The van der Waals surface area contributed by atoms with Crippen LogP contribution in [-0.2, 0) is 0 Å². The molecule has 20 heavy (non-hydrogen) atoms. The van der Waals surface area contributed by atoms with Crippen molar-refractivity contribution in [3.63, 3.8) is 0 Å². The molecule has 0 aliphatic carbocycles. The molecule has 1 aromatic heterocycles. The highest BCUT2D eigenvalue weighted by Crippen LogP contribution is 2.18. The van der Waals surface area contributed by atoms with Gasteiger partial charge in [0.05, 0.1) is 0 Å². The fraction of sp³-hybridized carbons (Fsp3) is 0.786. The summed E-state index contributed by atoms with van der Waals surface area (Å²) in [6.45, 7) is 5.24. The van der Waals surface area contributed by atoms with Crippen LogP contribution in [0.2, 0.25) is 0 Å². The first-order chi connectivity index (χ1) is 9.83. The molecule has 2 rings (SSSR count). The van der Waals surface area contributed by atoms with Crippen LogP contribution in [-0.4, -0.2) is 41.6 Å². The Bertz CT molecular complexity index is 403. The lowest BCUT2D eigenvalue weighted by molar-refractivity contribution is 0.683. The van der Waals surface area contributed by atoms with Crippen molar-refractivity contribution >= 4 is 17.8 Å². The predicted octanol–water partition coefficient (Wildman–Crippen LogP) is 2.51. The normalized spacial score (nSPS) is 14.6. The molecule has 0 radical (unpaired) electrons. The molecule has 0 spiro atoms. The third-order valence-corrected chi connectivity index (χ3v) is 3.55. The van der Waals surface area contributed by atoms with Gasteiger partial charge in [0.1, 0.15) is 0 Å². The highest BCUT2D eigenvalue weighted by atomic mass is 15.3. The zero-order valence-corrected chi connectivity index (χ0v) is 12.7. The Hall–Kier alpha value is -1.59. The third-order valence-electron chi connectivity index (χ3n) is 3.55. The van der Waals surface area contributed by atoms with Crippen LogP contribution in [0.15, 0.2) is 0 Å². The van der Waals surface area contributed by atoms with Gasteiger partial charge in [-0.2, -0.15) is 15.0 Å². The minimum absolute atomic E-state index is 0.637. The van der Waals surface area contributed by atoms with Crippen LogP contribution in [0, 0.1) is 0 Å². The van der Waals surface area contributed by atoms with Crippen molar-refractivity contribution in [3.05, 3.63) is 0 Å². The van der Waals surface area contributed by atoms with Crippen molar-refractivity contribution in [2.75, 3.05) is 42.2 Å². The van der Waals surface area contributed by atoms with Gasteiger partial charge in [0.2, 0.25) is 17.8 Å². The van der Waals surface area contributed by atoms with E-state index in [1.807, 2.05) is 7.05 Å². The lowest BCUT2D eigenvalue weighted by atomic mass is 10.2. The van der Waals surface area contributed by atoms with E-state index in [1.165, 1.54) is 32.1 Å². The molecule has 1 aromatic rings. The summed E-state index contributed by atoms with van der Waals surface area (Å²) in [5.74, 6) is 2.11. The number of hydrogen-bond donors (Lipinski definition) is 2. The predicted molar refractivity (Wildman–Crippen MR) is 83.5 cm³/mol. The first kappa shape index (κ1) is 14.8. The van der Waals surface area contributed by atoms with Crippen molar-refractivity contribution in [1.29, 1.82) is 0 Å². The van der Waals surface area contributed by atoms with Crippen LogP contribution >= 0.6 is 0 Å². The first-order valence-electron chi connectivity index (χ1n) is 7.76. The molecule has 1 fully saturated rings. The Balaban J connectivity index is 1.94. The minimum Gasteiger partial charge on any atom is -0.357 e. The second-order valence-electron chi connectivity index (χ2n) is 5.21. The monoisotopic (exact) mass is 278 g/mol. The van der Waals surface area contributed by atoms with E-state index in [0.717, 1.165) is 32.0 Å². The maximum Gasteiger partial charge on any atom is 0.231 e. The number of nitrogens with one attached hydrogen (secondary N) is 2. The molecule has 0 saturated carbocycles. The van der Waals surface area contributed by atoms with Gasteiger partial charge < -0.3 is 15.5 Å². The molecule has 2 N–H and O–H groups in total. The van der Waals surface area contributed by atoms with Gasteiger partial charge in [0.15, 0.2) is 0 Å². The van der Waals surface area contributed by atoms with E-state index >= 15 is 0 Å². The molecule has 2 heterocycles. The minimum atomic E-state index is 0.637. The van der Waals surface area contributed by atoms with E-state index in [2.05, 4.69) is 37.4 Å². The van der Waals surface area contributed by atoms with Crippen LogP contribution in [0.1, 0.15) is 45.4 Å². The van der Waals surface area contributed by atoms with Gasteiger partial charge in [0, 0.05) is 26.7 Å². The topological polar surface area (TPSA) is 66.0 Å². The van der Waals surface area contributed by atoms with E-state index in [4.69, 9.17) is 0 Å². The van der Waals surface area contributed by atoms with Gasteiger partial charge in [-0.05, 0) is 19.3 Å². The maximum atomic E-state index is 4.53. The molecule has 1 aliphatic heterocycles. The average Bonchev–Trinajstić information content (AvgIpc) is 3.01. The fourth-order valence-electron chi connectivity index (χ4n) is 2.37. The highest BCUT2D eigenvalue weighted by molar-refractivity contribution is 5.43. The molecular weight excluding hydrogens is 252 g/mol. The Morgan fingerprint density at radius 1 is 1.00 bits per heavy atom. The van der Waals surface area contributed by atoms with E-state index in [9.17, 15) is 0 Å². The van der Waals surface area contributed by atoms with Crippen LogP contribution in [0.3, 0.4) is 0 Å². The first-order valence-corrected chi connectivity index (χ1v) is 7.76. The molecule has 112 valence electrons. The van der Waals surface area contributed by atoms with Crippen LogP contribution in [0.25, 0.3) is 0 Å². The van der Waals surface area contributed by atoms with E-state index in [-0.39, 0.29) is 0 Å². The Labute approximate surface area is 121 Å². The Morgan fingerprint density at radius 3 is 2.45 bits per heavy atom. The zero-order valence-electron chi connectivity index (χ0n) is 12.7. The summed E-state index contributed by atoms with van der Waals surface area (Å²) >= 11 is 0. The Kier molecular flexibility index (Phi) is 5.83. The van der Waals surface area contributed by atoms with Gasteiger partial charge in [-0.15, -0.1) is 0 Å². The lowest BCUT2D eigenvalue weighted by Crippen LogP contribution is -2.22. The van der Waals surface area contributed by atoms with Crippen LogP contribution in [0.5, 0.6) is 0 Å². The van der Waals surface area contributed by atoms with Crippen molar-refractivity contribution in [2.45, 2.75) is 45.4 Å². The van der Waals surface area contributed by atoms with Crippen LogP contribution in [0.4, 0.5) is 17.8 Å². The number of unbranched alkanes of at least 4 members (excludes halogenated alkanes) is 3. The molecule has 0 bridgehead atoms. The van der Waals surface area contributed by atoms with Crippen molar-refractivity contribution in [1.82, 2.24) is 15.0 Å². The smallest absolute Gasteiger partial charge is 0.231 e. The van der Waals surface area contributed by atoms with E-state index in [1.54, 1.807) is 0 Å². The van der Waals surface area contributed by atoms with Gasteiger partial charge >= 0.3 is 0 Å². The summed E-state index contributed by atoms with van der Waals surface area (Å²) in [6, 6.07) is 0. The van der Waals surface area contributed by atoms with Crippen molar-refractivity contribution in [3.8, 4) is 0 Å². The second-order valence-corrected chi connectivity index (χ2v) is 5.21. The number of anilines is 3. The third kappa shape index (κ3) is 4.21. The lowest BCUT2D eigenvalue weighted by Gasteiger charge is -2.16. The average molecular weight is 278 g/mol. The van der Waals surface area contributed by atoms with Gasteiger partial charge in [0.25, 0.3) is 0 Å². The molecule has 0 aromatic carbocycles. The van der Waals surface area contributed by atoms with Crippen molar-refractivity contribution < 1.29 is 0 Å². The molecule has 0 amide bonds. The quantitative estimate of drug-likeness (QED) is 0.712. The second kappa shape index (κ2) is 7.87. The van der Waals surface area contributed by atoms with Crippen molar-refractivity contribution in [2.24, 2.45) is 0 Å². The molecule has 1 aliphatic rings. The number of nitrogens with zero attached hydrogens (tertiary/aromatic N) is 4. The number of hydrogen-bond acceptors (Lipinski definition) is 6. The number of aromatic nitrogens is 3. The molecule has 6 heteroatoms. The summed E-state index contributed by atoms with van der Waals surface area (Å²) in [7, 11) is 1.84. The molecule has 0 unspecified atom stereocenters. The maximum absolute atomic E-state index is 4.53. The summed E-state index contributed by atoms with van der Waals surface area (Å²) < 4.78 is 0. The SMILES string of the molecule is CCCCCCNc1nc(NC)nc(N2CCCC2)n1. The number of rotatable bonds is 8. The summed E-state index contributed by atoms with van der Waals surface area (Å²) in [4.78, 5) is 15.6. The van der Waals surface area contributed by atoms with Crippen LogP contribution < -0.4 is 15.5 Å². The fourth-order valence-corrected chi connectivity index (χ4v) is 2.37. The van der Waals surface area contributed by atoms with E-state index in [0.29, 0.717) is 11.9 Å². The highest BCUT2D eigenvalue weighted by Gasteiger charge is 2.16. The van der Waals surface area contributed by atoms with Gasteiger partial charge in [-0.1, -0.05) is 26.2 Å². The zero-order chi connectivity index (χ0) is 14.2. The molecular formula is C14H26N6. The standard InChI is InChI=1S/C14H26N6/c1-3-4-5-6-9-16-13-17-12(15-2)18-14(19-13)20-10-7-8-11-20/h3-11H2,1-2H3,(H2,15,16,17,18,19). The molecule has 1 saturated heterocycles. The molecule has 6 nitrogen and oxygen atoms in total. The summed E-state index contributed by atoms with van der Waals surface area (Å²) in [5.41, 5.74) is 0. The molecule has 0 atom stereocenters. The summed E-state index contributed by atoms with van der Waals surface area (Å²) in [6.07, 6.45) is 7.41. The van der Waals surface area contributed by atoms with E-state index < -0.39 is 0 Å². The van der Waals surface area contributed by atoms with Gasteiger partial charge in [-0.25, -0.2) is 0 Å². The van der Waals surface area contributed by atoms with Gasteiger partial charge in [-0.3, -0.25) is 0 Å². The summed E-state index contributed by atoms with van der Waals surface area (Å²) in [5, 5.41) is 6.33.